The summed E-state index contributed by atoms with van der Waals surface area (Å²) in [7, 11) is 0. The Bertz CT molecular complexity index is 797. The molecule has 1 aromatic carbocycles. The highest BCUT2D eigenvalue weighted by Gasteiger charge is 2.22. The van der Waals surface area contributed by atoms with Crippen LogP contribution in [0.1, 0.15) is 23.7 Å². The molecule has 6 nitrogen and oxygen atoms in total. The number of aliphatic hydroxyl groups excluding tert-OH is 1. The van der Waals surface area contributed by atoms with Crippen molar-refractivity contribution >= 4 is 11.6 Å². The number of benzene rings is 1. The molecule has 2 heterocycles. The van der Waals surface area contributed by atoms with Crippen LogP contribution in [-0.2, 0) is 11.3 Å². The van der Waals surface area contributed by atoms with Crippen LogP contribution in [0.2, 0.25) is 0 Å². The molecule has 23 heavy (non-hydrogen) atoms. The lowest BCUT2D eigenvalue weighted by Crippen LogP contribution is -2.27. The fraction of sp³-hybridized carbons (Fsp3) is 0.294. The van der Waals surface area contributed by atoms with Gasteiger partial charge in [-0.1, -0.05) is 12.1 Å². The van der Waals surface area contributed by atoms with E-state index >= 15 is 0 Å². The first-order valence-corrected chi connectivity index (χ1v) is 7.45. The lowest BCUT2D eigenvalue weighted by Gasteiger charge is -2.24. The normalized spacial score (nSPS) is 16.3. The predicted molar refractivity (Wildman–Crippen MR) is 85.6 cm³/mol. The maximum Gasteiger partial charge on any atom is 0.251 e. The summed E-state index contributed by atoms with van der Waals surface area (Å²) in [5, 5.41) is 12.7. The van der Waals surface area contributed by atoms with Gasteiger partial charge in [-0.25, -0.2) is 0 Å². The van der Waals surface area contributed by atoms with Gasteiger partial charge in [0.2, 0.25) is 5.91 Å². The zero-order valence-corrected chi connectivity index (χ0v) is 12.8. The molecule has 0 bridgehead atoms. The number of aliphatic hydroxyl groups is 1. The molecule has 0 radical (unpaired) electrons. The lowest BCUT2D eigenvalue weighted by atomic mass is 10.0. The van der Waals surface area contributed by atoms with E-state index in [1.165, 1.54) is 10.6 Å². The lowest BCUT2D eigenvalue weighted by molar-refractivity contribution is -0.116. The Kier molecular flexibility index (Phi) is 4.16. The second-order valence-electron chi connectivity index (χ2n) is 5.60. The van der Waals surface area contributed by atoms with Gasteiger partial charge in [0.05, 0.1) is 18.4 Å². The molecule has 0 spiro atoms. The van der Waals surface area contributed by atoms with Gasteiger partial charge in [0.15, 0.2) is 0 Å². The van der Waals surface area contributed by atoms with Crippen molar-refractivity contribution in [3.05, 3.63) is 58.0 Å². The van der Waals surface area contributed by atoms with Crippen molar-refractivity contribution < 1.29 is 14.6 Å². The maximum absolute atomic E-state index is 12.2. The number of aryl methyl sites for hydroxylation is 1. The number of ether oxygens (including phenoxy) is 1. The first-order valence-electron chi connectivity index (χ1n) is 7.45. The number of rotatable bonds is 3. The summed E-state index contributed by atoms with van der Waals surface area (Å²) in [5.41, 5.74) is 1.81. The number of carbonyl (C=O) groups excluding carboxylic acids is 1. The van der Waals surface area contributed by atoms with Crippen molar-refractivity contribution in [2.45, 2.75) is 26.0 Å². The molecule has 6 heteroatoms. The molecule has 2 N–H and O–H groups in total. The number of hydrogen-bond acceptors (Lipinski definition) is 4. The third kappa shape index (κ3) is 3.27. The second-order valence-corrected chi connectivity index (χ2v) is 5.60. The van der Waals surface area contributed by atoms with E-state index in [0.29, 0.717) is 30.0 Å². The number of nitrogens with one attached hydrogen (secondary N) is 1. The highest BCUT2D eigenvalue weighted by molar-refractivity contribution is 5.92. The van der Waals surface area contributed by atoms with Crippen LogP contribution in [0.4, 0.5) is 5.69 Å². The summed E-state index contributed by atoms with van der Waals surface area (Å²) in [6.07, 6.45) is 1.54. The molecule has 1 amide bonds. The Balaban J connectivity index is 1.78. The van der Waals surface area contributed by atoms with Crippen molar-refractivity contribution in [2.24, 2.45) is 0 Å². The quantitative estimate of drug-likeness (QED) is 0.902. The minimum atomic E-state index is -0.588. The Hall–Kier alpha value is -2.60. The largest absolute Gasteiger partial charge is 0.491 e. The molecule has 0 saturated heterocycles. The monoisotopic (exact) mass is 314 g/mol. The molecule has 0 fully saturated rings. The Morgan fingerprint density at radius 2 is 2.26 bits per heavy atom. The van der Waals surface area contributed by atoms with Gasteiger partial charge in [-0.3, -0.25) is 9.59 Å². The molecule has 3 rings (SSSR count). The molecular formula is C17H18N2O4. The van der Waals surface area contributed by atoms with Gasteiger partial charge in [-0.15, -0.1) is 0 Å². The van der Waals surface area contributed by atoms with Crippen LogP contribution in [0.3, 0.4) is 0 Å². The predicted octanol–water partition coefficient (Wildman–Crippen LogP) is 1.61. The highest BCUT2D eigenvalue weighted by atomic mass is 16.5. The van der Waals surface area contributed by atoms with Gasteiger partial charge in [0, 0.05) is 24.2 Å². The number of anilines is 1. The average molecular weight is 314 g/mol. The van der Waals surface area contributed by atoms with Gasteiger partial charge in [-0.05, 0) is 24.6 Å². The van der Waals surface area contributed by atoms with E-state index in [1.807, 2.05) is 6.92 Å². The van der Waals surface area contributed by atoms with Crippen LogP contribution >= 0.6 is 0 Å². The zero-order chi connectivity index (χ0) is 16.4. The number of para-hydroxylation sites is 1. The minimum Gasteiger partial charge on any atom is -0.491 e. The molecular weight excluding hydrogens is 296 g/mol. The summed E-state index contributed by atoms with van der Waals surface area (Å²) < 4.78 is 6.91. The Morgan fingerprint density at radius 1 is 1.43 bits per heavy atom. The van der Waals surface area contributed by atoms with Crippen molar-refractivity contribution in [3.8, 4) is 5.75 Å². The van der Waals surface area contributed by atoms with Crippen molar-refractivity contribution in [1.29, 1.82) is 0 Å². The van der Waals surface area contributed by atoms with Crippen LogP contribution in [0, 0.1) is 6.92 Å². The number of carbonyl (C=O) groups is 1. The third-order valence-electron chi connectivity index (χ3n) is 3.78. The first kappa shape index (κ1) is 15.3. The molecule has 2 aromatic rings. The number of nitrogens with zero attached hydrogens (tertiary/aromatic N) is 1. The third-order valence-corrected chi connectivity index (χ3v) is 3.78. The summed E-state index contributed by atoms with van der Waals surface area (Å²) in [6, 6.07) is 8.51. The minimum absolute atomic E-state index is 0.0780. The van der Waals surface area contributed by atoms with Crippen LogP contribution in [0.5, 0.6) is 5.75 Å². The van der Waals surface area contributed by atoms with Crippen molar-refractivity contribution in [1.82, 2.24) is 4.57 Å². The van der Waals surface area contributed by atoms with E-state index in [0.717, 1.165) is 5.56 Å². The number of amides is 1. The molecule has 0 saturated carbocycles. The van der Waals surface area contributed by atoms with Crippen LogP contribution < -0.4 is 15.6 Å². The molecule has 120 valence electrons. The number of hydrogen-bond donors (Lipinski definition) is 2. The summed E-state index contributed by atoms with van der Waals surface area (Å²) in [4.78, 5) is 24.0. The molecule has 1 aromatic heterocycles. The smallest absolute Gasteiger partial charge is 0.251 e. The molecule has 0 aliphatic carbocycles. The fourth-order valence-corrected chi connectivity index (χ4v) is 2.59. The van der Waals surface area contributed by atoms with Crippen molar-refractivity contribution in [3.63, 3.8) is 0 Å². The van der Waals surface area contributed by atoms with Gasteiger partial charge >= 0.3 is 0 Å². The topological polar surface area (TPSA) is 80.6 Å². The van der Waals surface area contributed by atoms with Crippen LogP contribution in [-0.4, -0.2) is 22.2 Å². The molecule has 1 atom stereocenters. The van der Waals surface area contributed by atoms with E-state index in [4.69, 9.17) is 4.74 Å². The molecule has 1 aliphatic heterocycles. The average Bonchev–Trinajstić information content (AvgIpc) is 2.51. The summed E-state index contributed by atoms with van der Waals surface area (Å²) in [6.45, 7) is 2.15. The second kappa shape index (κ2) is 6.26. The van der Waals surface area contributed by atoms with Gasteiger partial charge < -0.3 is 19.7 Å². The van der Waals surface area contributed by atoms with E-state index in [1.54, 1.807) is 30.5 Å². The van der Waals surface area contributed by atoms with Crippen LogP contribution in [0.15, 0.2) is 41.3 Å². The van der Waals surface area contributed by atoms with Crippen molar-refractivity contribution in [2.75, 3.05) is 11.9 Å². The van der Waals surface area contributed by atoms with E-state index in [2.05, 4.69) is 5.32 Å². The number of aromatic nitrogens is 1. The summed E-state index contributed by atoms with van der Waals surface area (Å²) >= 11 is 0. The maximum atomic E-state index is 12.2. The van der Waals surface area contributed by atoms with Gasteiger partial charge in [-0.2, -0.15) is 0 Å². The number of pyridine rings is 1. The molecule has 1 unspecified atom stereocenters. The van der Waals surface area contributed by atoms with E-state index < -0.39 is 6.10 Å². The number of fused-ring (bicyclic) bond motifs is 1. The first-order chi connectivity index (χ1) is 11.0. The highest BCUT2D eigenvalue weighted by Crippen LogP contribution is 2.37. The van der Waals surface area contributed by atoms with E-state index in [9.17, 15) is 14.7 Å². The Labute approximate surface area is 133 Å². The van der Waals surface area contributed by atoms with Gasteiger partial charge in [0.25, 0.3) is 5.56 Å². The standard InChI is InChI=1S/C17H18N2O4/c1-11-5-7-19(16(22)9-11)10-15(21)18-13-4-2-3-12-14(20)6-8-23-17(12)13/h2-5,7,9,14,20H,6,8,10H2,1H3,(H,18,21). The zero-order valence-electron chi connectivity index (χ0n) is 12.8. The van der Waals surface area contributed by atoms with Gasteiger partial charge in [0.1, 0.15) is 12.3 Å². The van der Waals surface area contributed by atoms with E-state index in [-0.39, 0.29) is 18.0 Å². The fourth-order valence-electron chi connectivity index (χ4n) is 2.59. The van der Waals surface area contributed by atoms with Crippen LogP contribution in [0.25, 0.3) is 0 Å². The SMILES string of the molecule is Cc1ccn(CC(=O)Nc2cccc3c2OCCC3O)c(=O)c1. The summed E-state index contributed by atoms with van der Waals surface area (Å²) in [5.74, 6) is 0.170. The Morgan fingerprint density at radius 3 is 3.04 bits per heavy atom. The molecule has 1 aliphatic rings.